The number of hydrogen-bond acceptors (Lipinski definition) is 4. The second-order valence-electron chi connectivity index (χ2n) is 3.72. The molecule has 100 valence electrons. The number of nitrogens with one attached hydrogen (secondary N) is 1. The topological polar surface area (TPSA) is 38.3 Å². The highest BCUT2D eigenvalue weighted by atomic mass is 79.9. The molecule has 1 aromatic heterocycles. The Morgan fingerprint density at radius 1 is 1.37 bits per heavy atom. The molecule has 0 bridgehead atoms. The lowest BCUT2D eigenvalue weighted by Gasteiger charge is -2.17. The molecule has 1 aromatic carbocycles. The number of halogens is 2. The molecule has 0 saturated heterocycles. The molecule has 0 fully saturated rings. The van der Waals surface area contributed by atoms with E-state index in [4.69, 9.17) is 16.3 Å². The Morgan fingerprint density at radius 3 is 2.68 bits per heavy atom. The summed E-state index contributed by atoms with van der Waals surface area (Å²) >= 11 is 10.9. The van der Waals surface area contributed by atoms with Crippen molar-refractivity contribution in [3.05, 3.63) is 50.1 Å². The zero-order chi connectivity index (χ0) is 13.8. The molecule has 0 spiro atoms. The standard InChI is InChI=1S/C13H11BrClNO2S/c1-18-13(17)12(10-6-7-11(14)19-10)16-9-5-3-2-4-8(9)15/h2-7,12,16H,1H3. The quantitative estimate of drug-likeness (QED) is 0.816. The minimum Gasteiger partial charge on any atom is -0.467 e. The zero-order valence-electron chi connectivity index (χ0n) is 10.0. The van der Waals surface area contributed by atoms with Gasteiger partial charge in [0.25, 0.3) is 0 Å². The number of ether oxygens (including phenoxy) is 1. The third-order valence-electron chi connectivity index (χ3n) is 2.49. The molecule has 2 rings (SSSR count). The summed E-state index contributed by atoms with van der Waals surface area (Å²) in [6, 6.07) is 10.5. The Kier molecular flexibility index (Phi) is 4.85. The lowest BCUT2D eigenvalue weighted by atomic mass is 10.2. The Hall–Kier alpha value is -1.04. The largest absolute Gasteiger partial charge is 0.467 e. The predicted molar refractivity (Wildman–Crippen MR) is 81.9 cm³/mol. The van der Waals surface area contributed by atoms with Gasteiger partial charge in [0.1, 0.15) is 0 Å². The van der Waals surface area contributed by atoms with Crippen molar-refractivity contribution in [1.82, 2.24) is 0 Å². The van der Waals surface area contributed by atoms with Crippen molar-refractivity contribution in [2.45, 2.75) is 6.04 Å². The molecule has 19 heavy (non-hydrogen) atoms. The summed E-state index contributed by atoms with van der Waals surface area (Å²) in [4.78, 5) is 12.8. The van der Waals surface area contributed by atoms with Crippen LogP contribution in [0.25, 0.3) is 0 Å². The third-order valence-corrected chi connectivity index (χ3v) is 4.51. The first-order chi connectivity index (χ1) is 9.11. The van der Waals surface area contributed by atoms with Gasteiger partial charge in [-0.15, -0.1) is 11.3 Å². The Balaban J connectivity index is 2.29. The fourth-order valence-corrected chi connectivity index (χ4v) is 3.23. The van der Waals surface area contributed by atoms with Gasteiger partial charge in [-0.3, -0.25) is 0 Å². The zero-order valence-corrected chi connectivity index (χ0v) is 13.2. The van der Waals surface area contributed by atoms with Gasteiger partial charge in [0.2, 0.25) is 0 Å². The number of rotatable bonds is 4. The maximum absolute atomic E-state index is 11.9. The summed E-state index contributed by atoms with van der Waals surface area (Å²) in [6.45, 7) is 0. The lowest BCUT2D eigenvalue weighted by Crippen LogP contribution is -2.21. The molecule has 1 heterocycles. The van der Waals surface area contributed by atoms with Gasteiger partial charge in [0, 0.05) is 4.88 Å². The van der Waals surface area contributed by atoms with E-state index in [2.05, 4.69) is 21.2 Å². The highest BCUT2D eigenvalue weighted by molar-refractivity contribution is 9.11. The fraction of sp³-hybridized carbons (Fsp3) is 0.154. The number of thiophene rings is 1. The number of methoxy groups -OCH3 is 1. The molecule has 0 saturated carbocycles. The normalized spacial score (nSPS) is 11.9. The smallest absolute Gasteiger partial charge is 0.333 e. The van der Waals surface area contributed by atoms with E-state index in [1.807, 2.05) is 30.3 Å². The van der Waals surface area contributed by atoms with Crippen LogP contribution in [0.3, 0.4) is 0 Å². The number of benzene rings is 1. The molecule has 1 unspecified atom stereocenters. The van der Waals surface area contributed by atoms with Crippen molar-refractivity contribution in [2.75, 3.05) is 12.4 Å². The number of carbonyl (C=O) groups is 1. The van der Waals surface area contributed by atoms with Gasteiger partial charge in [-0.25, -0.2) is 4.79 Å². The monoisotopic (exact) mass is 359 g/mol. The van der Waals surface area contributed by atoms with Gasteiger partial charge in [0.05, 0.1) is 21.6 Å². The summed E-state index contributed by atoms with van der Waals surface area (Å²) in [5.74, 6) is -0.353. The van der Waals surface area contributed by atoms with Crippen molar-refractivity contribution in [1.29, 1.82) is 0 Å². The highest BCUT2D eigenvalue weighted by Crippen LogP contribution is 2.32. The van der Waals surface area contributed by atoms with Crippen LogP contribution in [0, 0.1) is 0 Å². The number of esters is 1. The van der Waals surface area contributed by atoms with Crippen molar-refractivity contribution >= 4 is 50.5 Å². The summed E-state index contributed by atoms with van der Waals surface area (Å²) in [6.07, 6.45) is 0. The number of anilines is 1. The van der Waals surface area contributed by atoms with Crippen LogP contribution in [0.1, 0.15) is 10.9 Å². The molecular weight excluding hydrogens is 350 g/mol. The maximum Gasteiger partial charge on any atom is 0.333 e. The molecule has 0 aliphatic carbocycles. The predicted octanol–water partition coefficient (Wildman–Crippen LogP) is 4.49. The van der Waals surface area contributed by atoms with E-state index in [1.165, 1.54) is 18.4 Å². The van der Waals surface area contributed by atoms with Crippen LogP contribution < -0.4 is 5.32 Å². The summed E-state index contributed by atoms with van der Waals surface area (Å²) in [5.41, 5.74) is 0.698. The maximum atomic E-state index is 11.9. The Labute approximate surface area is 128 Å². The molecular formula is C13H11BrClNO2S. The number of para-hydroxylation sites is 1. The van der Waals surface area contributed by atoms with Crippen molar-refractivity contribution in [2.24, 2.45) is 0 Å². The fourth-order valence-electron chi connectivity index (χ4n) is 1.58. The molecule has 1 N–H and O–H groups in total. The van der Waals surface area contributed by atoms with Crippen molar-refractivity contribution in [3.8, 4) is 0 Å². The molecule has 3 nitrogen and oxygen atoms in total. The molecule has 0 aliphatic heterocycles. The van der Waals surface area contributed by atoms with E-state index in [9.17, 15) is 4.79 Å². The van der Waals surface area contributed by atoms with Crippen molar-refractivity contribution in [3.63, 3.8) is 0 Å². The number of hydrogen-bond donors (Lipinski definition) is 1. The van der Waals surface area contributed by atoms with Gasteiger partial charge < -0.3 is 10.1 Å². The van der Waals surface area contributed by atoms with Crippen LogP contribution in [0.4, 0.5) is 5.69 Å². The van der Waals surface area contributed by atoms with E-state index in [-0.39, 0.29) is 5.97 Å². The second-order valence-corrected chi connectivity index (χ2v) is 6.62. The third kappa shape index (κ3) is 3.49. The van der Waals surface area contributed by atoms with Crippen LogP contribution in [0.5, 0.6) is 0 Å². The first-order valence-corrected chi connectivity index (χ1v) is 7.44. The molecule has 0 amide bonds. The van der Waals surface area contributed by atoms with Gasteiger partial charge in [-0.1, -0.05) is 23.7 Å². The van der Waals surface area contributed by atoms with Crippen LogP contribution in [-0.2, 0) is 9.53 Å². The Bertz CT molecular complexity index is 588. The average Bonchev–Trinajstić information content (AvgIpc) is 2.83. The molecule has 1 atom stereocenters. The van der Waals surface area contributed by atoms with Crippen molar-refractivity contribution < 1.29 is 9.53 Å². The van der Waals surface area contributed by atoms with Crippen LogP contribution in [-0.4, -0.2) is 13.1 Å². The van der Waals surface area contributed by atoms with E-state index in [0.29, 0.717) is 10.7 Å². The highest BCUT2D eigenvalue weighted by Gasteiger charge is 2.23. The van der Waals surface area contributed by atoms with Gasteiger partial charge >= 0.3 is 5.97 Å². The minimum absolute atomic E-state index is 0.353. The summed E-state index contributed by atoms with van der Waals surface area (Å²) in [5, 5.41) is 3.67. The van der Waals surface area contributed by atoms with Crippen LogP contribution in [0.2, 0.25) is 5.02 Å². The first-order valence-electron chi connectivity index (χ1n) is 5.46. The SMILES string of the molecule is COC(=O)C(Nc1ccccc1Cl)c1ccc(Br)s1. The van der Waals surface area contributed by atoms with Gasteiger partial charge in [-0.2, -0.15) is 0 Å². The molecule has 0 radical (unpaired) electrons. The molecule has 0 aliphatic rings. The number of carbonyl (C=O) groups excluding carboxylic acids is 1. The van der Waals surface area contributed by atoms with E-state index in [0.717, 1.165) is 8.66 Å². The summed E-state index contributed by atoms with van der Waals surface area (Å²) < 4.78 is 5.79. The van der Waals surface area contributed by atoms with E-state index < -0.39 is 6.04 Å². The lowest BCUT2D eigenvalue weighted by molar-refractivity contribution is -0.141. The second kappa shape index (κ2) is 6.41. The summed E-state index contributed by atoms with van der Waals surface area (Å²) in [7, 11) is 1.37. The minimum atomic E-state index is -0.568. The van der Waals surface area contributed by atoms with Gasteiger partial charge in [-0.05, 0) is 40.2 Å². The Morgan fingerprint density at radius 2 is 2.11 bits per heavy atom. The first kappa shape index (κ1) is 14.4. The molecule has 6 heteroatoms. The van der Waals surface area contributed by atoms with Crippen LogP contribution >= 0.6 is 38.9 Å². The molecule has 2 aromatic rings. The van der Waals surface area contributed by atoms with Gasteiger partial charge in [0.15, 0.2) is 6.04 Å². The van der Waals surface area contributed by atoms with E-state index in [1.54, 1.807) is 6.07 Å². The van der Waals surface area contributed by atoms with E-state index >= 15 is 0 Å². The van der Waals surface area contributed by atoms with Crippen LogP contribution in [0.15, 0.2) is 40.2 Å². The average molecular weight is 361 g/mol.